The maximum atomic E-state index is 12.2. The van der Waals surface area contributed by atoms with Crippen molar-refractivity contribution < 1.29 is 29.0 Å². The first-order chi connectivity index (χ1) is 12.6. The molecule has 0 spiro atoms. The van der Waals surface area contributed by atoms with E-state index in [4.69, 9.17) is 9.47 Å². The molecule has 0 amide bonds. The Morgan fingerprint density at radius 3 is 2.00 bits per heavy atom. The summed E-state index contributed by atoms with van der Waals surface area (Å²) < 4.78 is 10.7. The predicted octanol–water partition coefficient (Wildman–Crippen LogP) is 4.88. The standard InChI is InChI=1S/C21H38O6/c1-6-8-10-12-17(11-9-7-2)26-18(22)14-13-16(20(24)25)15-19(23)27-21(3,4)5/h16-17H,6-15H2,1-5H3,(H,24,25). The van der Waals surface area contributed by atoms with E-state index in [0.717, 1.165) is 44.9 Å². The fourth-order valence-electron chi connectivity index (χ4n) is 2.75. The lowest BCUT2D eigenvalue weighted by Crippen LogP contribution is -2.28. The number of carboxylic acids is 1. The third kappa shape index (κ3) is 14.2. The molecule has 0 fully saturated rings. The second kappa shape index (κ2) is 13.6. The zero-order valence-electron chi connectivity index (χ0n) is 17.7. The summed E-state index contributed by atoms with van der Waals surface area (Å²) in [7, 11) is 0. The van der Waals surface area contributed by atoms with Gasteiger partial charge in [0.1, 0.15) is 11.7 Å². The number of aliphatic carboxylic acids is 1. The van der Waals surface area contributed by atoms with Gasteiger partial charge in [0.15, 0.2) is 0 Å². The fraction of sp³-hybridized carbons (Fsp3) is 0.857. The summed E-state index contributed by atoms with van der Waals surface area (Å²) in [5.41, 5.74) is -0.663. The molecule has 2 atom stereocenters. The molecule has 0 aliphatic heterocycles. The number of carbonyl (C=O) groups excluding carboxylic acids is 2. The molecule has 0 aliphatic rings. The van der Waals surface area contributed by atoms with Gasteiger partial charge in [-0.3, -0.25) is 14.4 Å². The first-order valence-corrected chi connectivity index (χ1v) is 10.2. The van der Waals surface area contributed by atoms with Gasteiger partial charge in [-0.25, -0.2) is 0 Å². The minimum Gasteiger partial charge on any atom is -0.481 e. The Bertz CT molecular complexity index is 452. The van der Waals surface area contributed by atoms with Crippen LogP contribution in [0.5, 0.6) is 0 Å². The van der Waals surface area contributed by atoms with Crippen LogP contribution >= 0.6 is 0 Å². The van der Waals surface area contributed by atoms with Crippen molar-refractivity contribution in [3.63, 3.8) is 0 Å². The van der Waals surface area contributed by atoms with E-state index < -0.39 is 23.5 Å². The van der Waals surface area contributed by atoms with Crippen LogP contribution in [0.4, 0.5) is 0 Å². The Morgan fingerprint density at radius 2 is 1.48 bits per heavy atom. The van der Waals surface area contributed by atoms with Gasteiger partial charge >= 0.3 is 17.9 Å². The summed E-state index contributed by atoms with van der Waals surface area (Å²) >= 11 is 0. The molecule has 0 rings (SSSR count). The van der Waals surface area contributed by atoms with Gasteiger partial charge < -0.3 is 14.6 Å². The first-order valence-electron chi connectivity index (χ1n) is 10.2. The van der Waals surface area contributed by atoms with Crippen molar-refractivity contribution in [3.05, 3.63) is 0 Å². The Balaban J connectivity index is 4.51. The number of esters is 2. The average Bonchev–Trinajstić information content (AvgIpc) is 2.54. The highest BCUT2D eigenvalue weighted by molar-refractivity contribution is 5.79. The second-order valence-corrected chi connectivity index (χ2v) is 8.11. The number of carboxylic acid groups (broad SMARTS) is 1. The molecule has 6 nitrogen and oxygen atoms in total. The van der Waals surface area contributed by atoms with Crippen LogP contribution < -0.4 is 0 Å². The smallest absolute Gasteiger partial charge is 0.307 e. The Kier molecular flexibility index (Phi) is 12.8. The maximum absolute atomic E-state index is 12.2. The van der Waals surface area contributed by atoms with Crippen molar-refractivity contribution in [2.45, 2.75) is 111 Å². The summed E-state index contributed by atoms with van der Waals surface area (Å²) in [6, 6.07) is 0. The molecular formula is C21H38O6. The maximum Gasteiger partial charge on any atom is 0.307 e. The van der Waals surface area contributed by atoms with Crippen molar-refractivity contribution in [2.24, 2.45) is 5.92 Å². The van der Waals surface area contributed by atoms with Gasteiger partial charge in [0, 0.05) is 6.42 Å². The molecule has 0 bridgehead atoms. The predicted molar refractivity (Wildman–Crippen MR) is 104 cm³/mol. The molecule has 0 aromatic rings. The van der Waals surface area contributed by atoms with Crippen molar-refractivity contribution in [3.8, 4) is 0 Å². The summed E-state index contributed by atoms with van der Waals surface area (Å²) in [6.45, 7) is 9.41. The van der Waals surface area contributed by atoms with Crippen LogP contribution in [0, 0.1) is 5.92 Å². The van der Waals surface area contributed by atoms with Gasteiger partial charge in [-0.05, 0) is 46.5 Å². The molecule has 0 aliphatic carbocycles. The molecule has 0 saturated carbocycles. The Hall–Kier alpha value is -1.59. The van der Waals surface area contributed by atoms with Crippen LogP contribution in [0.2, 0.25) is 0 Å². The molecule has 0 radical (unpaired) electrons. The minimum absolute atomic E-state index is 0.00380. The first kappa shape index (κ1) is 25.4. The Labute approximate surface area is 164 Å². The highest BCUT2D eigenvalue weighted by Crippen LogP contribution is 2.19. The third-order valence-corrected chi connectivity index (χ3v) is 4.19. The number of hydrogen-bond acceptors (Lipinski definition) is 5. The zero-order chi connectivity index (χ0) is 20.9. The number of hydrogen-bond donors (Lipinski definition) is 1. The normalized spacial score (nSPS) is 13.7. The lowest BCUT2D eigenvalue weighted by Gasteiger charge is -2.21. The van der Waals surface area contributed by atoms with Crippen molar-refractivity contribution in [2.75, 3.05) is 0 Å². The largest absolute Gasteiger partial charge is 0.481 e. The SMILES string of the molecule is CCCCCC(CCCC)OC(=O)CCC(CC(=O)OC(C)(C)C)C(=O)O. The summed E-state index contributed by atoms with van der Waals surface area (Å²) in [4.78, 5) is 35.4. The van der Waals surface area contributed by atoms with E-state index in [2.05, 4.69) is 13.8 Å². The fourth-order valence-corrected chi connectivity index (χ4v) is 2.75. The lowest BCUT2D eigenvalue weighted by molar-refractivity contribution is -0.161. The van der Waals surface area contributed by atoms with Gasteiger partial charge in [0.05, 0.1) is 12.3 Å². The molecule has 0 heterocycles. The molecule has 158 valence electrons. The molecule has 27 heavy (non-hydrogen) atoms. The van der Waals surface area contributed by atoms with Crippen LogP contribution in [-0.4, -0.2) is 34.7 Å². The van der Waals surface area contributed by atoms with Gasteiger partial charge in [-0.1, -0.05) is 39.5 Å². The molecule has 0 aromatic carbocycles. The number of ether oxygens (including phenoxy) is 2. The average molecular weight is 387 g/mol. The van der Waals surface area contributed by atoms with Crippen LogP contribution in [0.1, 0.15) is 98.8 Å². The number of rotatable bonds is 14. The minimum atomic E-state index is -1.10. The summed E-state index contributed by atoms with van der Waals surface area (Å²) in [5.74, 6) is -2.99. The van der Waals surface area contributed by atoms with E-state index in [1.165, 1.54) is 0 Å². The molecule has 1 N–H and O–H groups in total. The summed E-state index contributed by atoms with van der Waals surface area (Å²) in [5, 5.41) is 9.31. The molecular weight excluding hydrogens is 348 g/mol. The second-order valence-electron chi connectivity index (χ2n) is 8.11. The topological polar surface area (TPSA) is 89.9 Å². The molecule has 6 heteroatoms. The Morgan fingerprint density at radius 1 is 0.889 bits per heavy atom. The quantitative estimate of drug-likeness (QED) is 0.338. The van der Waals surface area contributed by atoms with Crippen molar-refractivity contribution >= 4 is 17.9 Å². The van der Waals surface area contributed by atoms with E-state index in [1.807, 2.05) is 0 Å². The summed E-state index contributed by atoms with van der Waals surface area (Å²) in [6.07, 6.45) is 6.70. The van der Waals surface area contributed by atoms with Gasteiger partial charge in [0.25, 0.3) is 0 Å². The van der Waals surface area contributed by atoms with E-state index in [1.54, 1.807) is 20.8 Å². The molecule has 0 saturated heterocycles. The van der Waals surface area contributed by atoms with Gasteiger partial charge in [-0.15, -0.1) is 0 Å². The van der Waals surface area contributed by atoms with Crippen LogP contribution in [0.25, 0.3) is 0 Å². The van der Waals surface area contributed by atoms with E-state index in [-0.39, 0.29) is 31.3 Å². The van der Waals surface area contributed by atoms with E-state index in [0.29, 0.717) is 0 Å². The van der Waals surface area contributed by atoms with E-state index >= 15 is 0 Å². The highest BCUT2D eigenvalue weighted by atomic mass is 16.6. The number of carbonyl (C=O) groups is 3. The van der Waals surface area contributed by atoms with Gasteiger partial charge in [0.2, 0.25) is 0 Å². The molecule has 0 aromatic heterocycles. The van der Waals surface area contributed by atoms with Crippen LogP contribution in [0.15, 0.2) is 0 Å². The van der Waals surface area contributed by atoms with Crippen LogP contribution in [-0.2, 0) is 23.9 Å². The zero-order valence-corrected chi connectivity index (χ0v) is 17.7. The lowest BCUT2D eigenvalue weighted by atomic mass is 9.99. The monoisotopic (exact) mass is 386 g/mol. The molecule has 2 unspecified atom stereocenters. The van der Waals surface area contributed by atoms with Crippen LogP contribution in [0.3, 0.4) is 0 Å². The van der Waals surface area contributed by atoms with E-state index in [9.17, 15) is 19.5 Å². The van der Waals surface area contributed by atoms with Gasteiger partial charge in [-0.2, -0.15) is 0 Å². The third-order valence-electron chi connectivity index (χ3n) is 4.19. The van der Waals surface area contributed by atoms with Crippen molar-refractivity contribution in [1.29, 1.82) is 0 Å². The number of unbranched alkanes of at least 4 members (excludes halogenated alkanes) is 3. The highest BCUT2D eigenvalue weighted by Gasteiger charge is 2.26. The van der Waals surface area contributed by atoms with Crippen molar-refractivity contribution in [1.82, 2.24) is 0 Å².